The maximum Gasteiger partial charge on any atom is 0.225 e. The third kappa shape index (κ3) is 4.31. The average Bonchev–Trinajstić information content (AvgIpc) is 3.09. The van der Waals surface area contributed by atoms with Gasteiger partial charge < -0.3 is 15.1 Å². The van der Waals surface area contributed by atoms with Gasteiger partial charge in [-0.15, -0.1) is 0 Å². The van der Waals surface area contributed by atoms with Crippen LogP contribution in [0.5, 0.6) is 0 Å². The second-order valence-electron chi connectivity index (χ2n) is 12.8. The van der Waals surface area contributed by atoms with Crippen molar-refractivity contribution >= 4 is 17.7 Å². The molecule has 0 spiro atoms. The Morgan fingerprint density at radius 2 is 1.56 bits per heavy atom. The first kappa shape index (κ1) is 22.2. The molecule has 6 nitrogen and oxygen atoms in total. The molecule has 6 aliphatic rings. The number of carbonyl (C=O) groups is 3. The molecular weight excluding hydrogens is 402 g/mol. The normalized spacial score (nSPS) is 37.3. The topological polar surface area (TPSA) is 69.7 Å². The summed E-state index contributed by atoms with van der Waals surface area (Å²) in [5.41, 5.74) is 0.0549. The van der Waals surface area contributed by atoms with Gasteiger partial charge in [0, 0.05) is 44.1 Å². The largest absolute Gasteiger partial charge is 0.353 e. The van der Waals surface area contributed by atoms with Crippen LogP contribution in [0, 0.1) is 29.1 Å². The van der Waals surface area contributed by atoms with Crippen molar-refractivity contribution in [3.05, 3.63) is 0 Å². The molecule has 3 amide bonds. The van der Waals surface area contributed by atoms with Gasteiger partial charge in [-0.3, -0.25) is 14.4 Å². The first-order valence-corrected chi connectivity index (χ1v) is 13.0. The summed E-state index contributed by atoms with van der Waals surface area (Å²) in [7, 11) is 0. The monoisotopic (exact) mass is 443 g/mol. The molecule has 2 saturated heterocycles. The minimum Gasteiger partial charge on any atom is -0.353 e. The highest BCUT2D eigenvalue weighted by atomic mass is 16.2. The molecule has 4 saturated carbocycles. The maximum atomic E-state index is 13.2. The summed E-state index contributed by atoms with van der Waals surface area (Å²) >= 11 is 0. The first-order chi connectivity index (χ1) is 15.1. The standard InChI is InChI=1S/C26H41N3O3/c1-25(2,3)29-16-20(11-22(29)30)24(32)27-21-4-6-28(7-5-21)23(31)15-26-12-17-8-18(13-26)10-19(9-17)14-26/h17-21H,4-16H2,1-3H3,(H,27,32). The van der Waals surface area contributed by atoms with Crippen LogP contribution in [-0.2, 0) is 14.4 Å². The summed E-state index contributed by atoms with van der Waals surface area (Å²) in [6, 6.07) is 0.116. The number of likely N-dealkylation sites (tertiary alicyclic amines) is 2. The van der Waals surface area contributed by atoms with Gasteiger partial charge in [-0.1, -0.05) is 0 Å². The van der Waals surface area contributed by atoms with E-state index in [4.69, 9.17) is 0 Å². The number of nitrogens with one attached hydrogen (secondary N) is 1. The van der Waals surface area contributed by atoms with Crippen LogP contribution in [0.2, 0.25) is 0 Å². The smallest absolute Gasteiger partial charge is 0.225 e. The van der Waals surface area contributed by atoms with Crippen molar-refractivity contribution in [3.8, 4) is 0 Å². The fraction of sp³-hybridized carbons (Fsp3) is 0.885. The second-order valence-corrected chi connectivity index (χ2v) is 12.8. The summed E-state index contributed by atoms with van der Waals surface area (Å²) < 4.78 is 0. The van der Waals surface area contributed by atoms with Gasteiger partial charge in [-0.2, -0.15) is 0 Å². The Kier molecular flexibility index (Phi) is 5.57. The lowest BCUT2D eigenvalue weighted by Crippen LogP contribution is -2.51. The molecule has 0 aromatic heterocycles. The first-order valence-electron chi connectivity index (χ1n) is 13.0. The molecule has 2 aliphatic heterocycles. The minimum absolute atomic E-state index is 0.00319. The van der Waals surface area contributed by atoms with Crippen LogP contribution < -0.4 is 5.32 Å². The van der Waals surface area contributed by atoms with Gasteiger partial charge in [0.2, 0.25) is 17.7 Å². The van der Waals surface area contributed by atoms with Gasteiger partial charge in [0.1, 0.15) is 0 Å². The van der Waals surface area contributed by atoms with Crippen molar-refractivity contribution in [2.45, 2.75) is 96.6 Å². The van der Waals surface area contributed by atoms with Gasteiger partial charge in [0.25, 0.3) is 0 Å². The third-order valence-corrected chi connectivity index (χ3v) is 9.19. The number of amides is 3. The van der Waals surface area contributed by atoms with Gasteiger partial charge in [-0.25, -0.2) is 0 Å². The Morgan fingerprint density at radius 1 is 1.00 bits per heavy atom. The van der Waals surface area contributed by atoms with Crippen molar-refractivity contribution in [2.24, 2.45) is 29.1 Å². The molecule has 0 radical (unpaired) electrons. The lowest BCUT2D eigenvalue weighted by molar-refractivity contribution is -0.140. The lowest BCUT2D eigenvalue weighted by Gasteiger charge is -2.57. The number of hydrogen-bond donors (Lipinski definition) is 1. The van der Waals surface area contributed by atoms with Gasteiger partial charge in [0.15, 0.2) is 0 Å². The predicted octanol–water partition coefficient (Wildman–Crippen LogP) is 3.35. The van der Waals surface area contributed by atoms with Crippen LogP contribution in [0.3, 0.4) is 0 Å². The zero-order valence-corrected chi connectivity index (χ0v) is 20.2. The minimum atomic E-state index is -0.252. The van der Waals surface area contributed by atoms with E-state index >= 15 is 0 Å². The fourth-order valence-corrected chi connectivity index (χ4v) is 8.06. The van der Waals surface area contributed by atoms with Crippen molar-refractivity contribution in [3.63, 3.8) is 0 Å². The molecule has 6 heteroatoms. The lowest BCUT2D eigenvalue weighted by atomic mass is 9.49. The number of piperidine rings is 1. The third-order valence-electron chi connectivity index (χ3n) is 9.19. The SMILES string of the molecule is CC(C)(C)N1CC(C(=O)NC2CCN(C(=O)CC34CC5CC(CC(C5)C3)C4)CC2)CC1=O. The molecule has 4 bridgehead atoms. The van der Waals surface area contributed by atoms with E-state index in [1.54, 1.807) is 0 Å². The van der Waals surface area contributed by atoms with E-state index in [9.17, 15) is 14.4 Å². The quantitative estimate of drug-likeness (QED) is 0.724. The molecule has 4 aliphatic carbocycles. The second kappa shape index (κ2) is 8.02. The van der Waals surface area contributed by atoms with E-state index in [2.05, 4.69) is 10.2 Å². The molecule has 6 fully saturated rings. The predicted molar refractivity (Wildman–Crippen MR) is 123 cm³/mol. The molecule has 178 valence electrons. The van der Waals surface area contributed by atoms with Crippen LogP contribution in [0.15, 0.2) is 0 Å². The zero-order valence-electron chi connectivity index (χ0n) is 20.2. The van der Waals surface area contributed by atoms with E-state index < -0.39 is 0 Å². The van der Waals surface area contributed by atoms with Crippen LogP contribution >= 0.6 is 0 Å². The van der Waals surface area contributed by atoms with E-state index in [0.717, 1.165) is 50.1 Å². The molecule has 0 aromatic carbocycles. The maximum absolute atomic E-state index is 13.2. The summed E-state index contributed by atoms with van der Waals surface area (Å²) in [4.78, 5) is 42.2. The summed E-state index contributed by atoms with van der Waals surface area (Å²) in [6.07, 6.45) is 10.8. The molecule has 2 heterocycles. The van der Waals surface area contributed by atoms with Gasteiger partial charge >= 0.3 is 0 Å². The summed E-state index contributed by atoms with van der Waals surface area (Å²) in [6.45, 7) is 8.04. The Hall–Kier alpha value is -1.59. The highest BCUT2D eigenvalue weighted by Gasteiger charge is 2.52. The van der Waals surface area contributed by atoms with Crippen LogP contribution in [0.1, 0.15) is 85.0 Å². The average molecular weight is 444 g/mol. The zero-order chi connectivity index (χ0) is 22.7. The van der Waals surface area contributed by atoms with E-state index in [1.807, 2.05) is 25.7 Å². The molecule has 32 heavy (non-hydrogen) atoms. The Morgan fingerprint density at radius 3 is 2.06 bits per heavy atom. The summed E-state index contributed by atoms with van der Waals surface area (Å²) in [5.74, 6) is 2.81. The number of nitrogens with zero attached hydrogens (tertiary/aromatic N) is 2. The molecule has 0 aromatic rings. The molecule has 6 rings (SSSR count). The van der Waals surface area contributed by atoms with Gasteiger partial charge in [0.05, 0.1) is 5.92 Å². The number of carbonyl (C=O) groups excluding carboxylic acids is 3. The number of rotatable bonds is 4. The van der Waals surface area contributed by atoms with Crippen molar-refractivity contribution in [2.75, 3.05) is 19.6 Å². The highest BCUT2D eigenvalue weighted by Crippen LogP contribution is 2.61. The summed E-state index contributed by atoms with van der Waals surface area (Å²) in [5, 5.41) is 3.18. The Balaban J connectivity index is 1.09. The van der Waals surface area contributed by atoms with Crippen LogP contribution in [0.4, 0.5) is 0 Å². The fourth-order valence-electron chi connectivity index (χ4n) is 8.06. The Bertz CT molecular complexity index is 742. The van der Waals surface area contributed by atoms with Crippen molar-refractivity contribution in [1.29, 1.82) is 0 Å². The van der Waals surface area contributed by atoms with Gasteiger partial charge in [-0.05, 0) is 95.3 Å². The Labute approximate surface area is 192 Å². The van der Waals surface area contributed by atoms with Crippen LogP contribution in [-0.4, -0.2) is 58.7 Å². The molecule has 1 unspecified atom stereocenters. The van der Waals surface area contributed by atoms with E-state index in [0.29, 0.717) is 24.3 Å². The molecular formula is C26H41N3O3. The number of hydrogen-bond acceptors (Lipinski definition) is 3. The molecule has 1 N–H and O–H groups in total. The highest BCUT2D eigenvalue weighted by molar-refractivity contribution is 5.89. The van der Waals surface area contributed by atoms with Crippen molar-refractivity contribution in [1.82, 2.24) is 15.1 Å². The molecule has 1 atom stereocenters. The van der Waals surface area contributed by atoms with E-state index in [1.165, 1.54) is 38.5 Å². The van der Waals surface area contributed by atoms with Crippen LogP contribution in [0.25, 0.3) is 0 Å². The van der Waals surface area contributed by atoms with E-state index in [-0.39, 0.29) is 29.3 Å². The van der Waals surface area contributed by atoms with Crippen molar-refractivity contribution < 1.29 is 14.4 Å².